The molecule has 0 aliphatic carbocycles. The molecule has 0 spiro atoms. The smallest absolute Gasteiger partial charge is 0.374 e. The normalized spacial score (nSPS) is 11.7. The molecule has 0 rings (SSSR count). The number of hydrogen-bond acceptors (Lipinski definition) is 5. The van der Waals surface area contributed by atoms with Crippen molar-refractivity contribution < 1.29 is 23.9 Å². The van der Waals surface area contributed by atoms with Gasteiger partial charge in [0.25, 0.3) is 0 Å². The summed E-state index contributed by atoms with van der Waals surface area (Å²) in [5.74, 6) is -2.56. The van der Waals surface area contributed by atoms with Gasteiger partial charge < -0.3 is 9.47 Å². The second-order valence-electron chi connectivity index (χ2n) is 3.93. The van der Waals surface area contributed by atoms with Crippen LogP contribution in [0.4, 0.5) is 0 Å². The Bertz CT molecular complexity index is 285. The van der Waals surface area contributed by atoms with Gasteiger partial charge in [-0.25, -0.2) is 4.79 Å². The van der Waals surface area contributed by atoms with E-state index in [4.69, 9.17) is 4.74 Å². The minimum atomic E-state index is -0.858. The monoisotopic (exact) mass is 258 g/mol. The summed E-state index contributed by atoms with van der Waals surface area (Å²) in [5.41, 5.74) is 0. The van der Waals surface area contributed by atoms with Crippen LogP contribution in [-0.2, 0) is 23.9 Å². The van der Waals surface area contributed by atoms with Crippen molar-refractivity contribution in [2.24, 2.45) is 5.92 Å². The largest absolute Gasteiger partial charge is 0.466 e. The average Bonchev–Trinajstić information content (AvgIpc) is 2.34. The summed E-state index contributed by atoms with van der Waals surface area (Å²) in [6.07, 6.45) is 2.14. The molecule has 0 saturated heterocycles. The molecule has 5 nitrogen and oxygen atoms in total. The first-order chi connectivity index (χ1) is 8.56. The summed E-state index contributed by atoms with van der Waals surface area (Å²) >= 11 is 0. The number of ketones is 1. The van der Waals surface area contributed by atoms with Crippen LogP contribution < -0.4 is 0 Å². The van der Waals surface area contributed by atoms with Crippen LogP contribution in [0.15, 0.2) is 0 Å². The number of esters is 2. The van der Waals surface area contributed by atoms with E-state index in [0.717, 1.165) is 12.8 Å². The lowest BCUT2D eigenvalue weighted by molar-refractivity contribution is -0.157. The Balaban J connectivity index is 4.50. The van der Waals surface area contributed by atoms with Gasteiger partial charge in [-0.1, -0.05) is 19.8 Å². The average molecular weight is 258 g/mol. The molecule has 18 heavy (non-hydrogen) atoms. The molecule has 0 fully saturated rings. The fraction of sp³-hybridized carbons (Fsp3) is 0.769. The predicted octanol–water partition coefficient (Wildman–Crippen LogP) is 1.88. The van der Waals surface area contributed by atoms with Crippen molar-refractivity contribution in [1.82, 2.24) is 0 Å². The molecule has 0 aromatic heterocycles. The van der Waals surface area contributed by atoms with E-state index in [9.17, 15) is 14.4 Å². The first-order valence-corrected chi connectivity index (χ1v) is 6.43. The Morgan fingerprint density at radius 2 is 1.61 bits per heavy atom. The van der Waals surface area contributed by atoms with E-state index in [1.165, 1.54) is 0 Å². The van der Waals surface area contributed by atoms with Gasteiger partial charge in [-0.2, -0.15) is 0 Å². The van der Waals surface area contributed by atoms with Crippen LogP contribution in [0.1, 0.15) is 46.5 Å². The standard InChI is InChI=1S/C13H22O5/c1-4-7-8-10(9-11(14)17-5-2)12(15)13(16)18-6-3/h10H,4-9H2,1-3H3/t10-/m0/s1. The molecule has 1 atom stereocenters. The molecular formula is C13H22O5. The fourth-order valence-electron chi connectivity index (χ4n) is 1.57. The van der Waals surface area contributed by atoms with Crippen LogP contribution in [0.2, 0.25) is 0 Å². The van der Waals surface area contributed by atoms with E-state index in [1.807, 2.05) is 6.92 Å². The third-order valence-corrected chi connectivity index (χ3v) is 2.47. The number of unbranched alkanes of at least 4 members (excludes halogenated alkanes) is 1. The van der Waals surface area contributed by atoms with Gasteiger partial charge in [-0.05, 0) is 20.3 Å². The zero-order valence-electron chi connectivity index (χ0n) is 11.4. The molecule has 0 radical (unpaired) electrons. The maximum Gasteiger partial charge on any atom is 0.374 e. The van der Waals surface area contributed by atoms with Crippen LogP contribution >= 0.6 is 0 Å². The highest BCUT2D eigenvalue weighted by molar-refractivity contribution is 6.34. The Kier molecular flexibility index (Phi) is 8.88. The van der Waals surface area contributed by atoms with E-state index in [0.29, 0.717) is 6.42 Å². The Morgan fingerprint density at radius 3 is 2.11 bits per heavy atom. The summed E-state index contributed by atoms with van der Waals surface area (Å²) < 4.78 is 9.46. The van der Waals surface area contributed by atoms with E-state index in [-0.39, 0.29) is 19.6 Å². The molecular weight excluding hydrogens is 236 g/mol. The number of hydrogen-bond donors (Lipinski definition) is 0. The quantitative estimate of drug-likeness (QED) is 0.466. The molecule has 0 aromatic carbocycles. The zero-order valence-corrected chi connectivity index (χ0v) is 11.4. The lowest BCUT2D eigenvalue weighted by atomic mass is 9.94. The minimum Gasteiger partial charge on any atom is -0.466 e. The highest BCUT2D eigenvalue weighted by atomic mass is 16.5. The number of ether oxygens (including phenoxy) is 2. The van der Waals surface area contributed by atoms with Gasteiger partial charge in [0.1, 0.15) is 0 Å². The Hall–Kier alpha value is -1.39. The fourth-order valence-corrected chi connectivity index (χ4v) is 1.57. The van der Waals surface area contributed by atoms with Crippen LogP contribution in [0.3, 0.4) is 0 Å². The van der Waals surface area contributed by atoms with Gasteiger partial charge in [0.05, 0.1) is 19.6 Å². The Morgan fingerprint density at radius 1 is 1.00 bits per heavy atom. The Labute approximate surface area is 108 Å². The number of carbonyl (C=O) groups is 3. The van der Waals surface area contributed by atoms with Gasteiger partial charge >= 0.3 is 11.9 Å². The van der Waals surface area contributed by atoms with Crippen molar-refractivity contribution in [3.8, 4) is 0 Å². The molecule has 0 amide bonds. The van der Waals surface area contributed by atoms with Crippen molar-refractivity contribution >= 4 is 17.7 Å². The van der Waals surface area contributed by atoms with Crippen LogP contribution in [0.25, 0.3) is 0 Å². The van der Waals surface area contributed by atoms with Crippen LogP contribution in [0, 0.1) is 5.92 Å². The van der Waals surface area contributed by atoms with Gasteiger partial charge in [0.15, 0.2) is 0 Å². The summed E-state index contributed by atoms with van der Waals surface area (Å²) in [4.78, 5) is 34.5. The molecule has 5 heteroatoms. The maximum absolute atomic E-state index is 11.8. The molecule has 0 saturated carbocycles. The van der Waals surface area contributed by atoms with Gasteiger partial charge in [-0.3, -0.25) is 9.59 Å². The maximum atomic E-state index is 11.8. The summed E-state index contributed by atoms with van der Waals surface area (Å²) in [6.45, 7) is 5.75. The third-order valence-electron chi connectivity index (χ3n) is 2.47. The van der Waals surface area contributed by atoms with Crippen molar-refractivity contribution in [3.63, 3.8) is 0 Å². The molecule has 0 aliphatic rings. The lowest BCUT2D eigenvalue weighted by Gasteiger charge is -2.13. The van der Waals surface area contributed by atoms with Crippen molar-refractivity contribution in [2.75, 3.05) is 13.2 Å². The van der Waals surface area contributed by atoms with E-state index < -0.39 is 23.6 Å². The van der Waals surface area contributed by atoms with Gasteiger partial charge in [0.2, 0.25) is 5.78 Å². The second-order valence-corrected chi connectivity index (χ2v) is 3.93. The number of rotatable bonds is 9. The van der Waals surface area contributed by atoms with E-state index in [2.05, 4.69) is 4.74 Å². The van der Waals surface area contributed by atoms with E-state index in [1.54, 1.807) is 13.8 Å². The van der Waals surface area contributed by atoms with Crippen LogP contribution in [-0.4, -0.2) is 30.9 Å². The number of carbonyl (C=O) groups excluding carboxylic acids is 3. The molecule has 0 unspecified atom stereocenters. The van der Waals surface area contributed by atoms with Gasteiger partial charge in [-0.15, -0.1) is 0 Å². The first kappa shape index (κ1) is 16.6. The van der Waals surface area contributed by atoms with Crippen molar-refractivity contribution in [2.45, 2.75) is 46.5 Å². The second kappa shape index (κ2) is 9.62. The minimum absolute atomic E-state index is 0.0501. The molecule has 0 aliphatic heterocycles. The van der Waals surface area contributed by atoms with Crippen molar-refractivity contribution in [3.05, 3.63) is 0 Å². The highest BCUT2D eigenvalue weighted by Crippen LogP contribution is 2.16. The third kappa shape index (κ3) is 6.37. The molecule has 0 bridgehead atoms. The topological polar surface area (TPSA) is 69.7 Å². The van der Waals surface area contributed by atoms with Crippen LogP contribution in [0.5, 0.6) is 0 Å². The summed E-state index contributed by atoms with van der Waals surface area (Å²) in [5, 5.41) is 0. The molecule has 0 N–H and O–H groups in total. The predicted molar refractivity (Wildman–Crippen MR) is 65.9 cm³/mol. The number of Topliss-reactive ketones (excluding diaryl/α,β-unsaturated/α-hetero) is 1. The molecule has 0 heterocycles. The first-order valence-electron chi connectivity index (χ1n) is 6.43. The van der Waals surface area contributed by atoms with Gasteiger partial charge in [0, 0.05) is 5.92 Å². The zero-order chi connectivity index (χ0) is 14.0. The molecule has 0 aromatic rings. The summed E-state index contributed by atoms with van der Waals surface area (Å²) in [6, 6.07) is 0. The molecule has 104 valence electrons. The lowest BCUT2D eigenvalue weighted by Crippen LogP contribution is -2.28. The SMILES string of the molecule is CCCC[C@@H](CC(=O)OCC)C(=O)C(=O)OCC. The van der Waals surface area contributed by atoms with Crippen molar-refractivity contribution in [1.29, 1.82) is 0 Å². The van der Waals surface area contributed by atoms with E-state index >= 15 is 0 Å². The highest BCUT2D eigenvalue weighted by Gasteiger charge is 2.28. The summed E-state index contributed by atoms with van der Waals surface area (Å²) in [7, 11) is 0.